The largest absolute Gasteiger partial charge is 0.369 e. The van der Waals surface area contributed by atoms with Crippen molar-refractivity contribution in [2.45, 2.75) is 50.8 Å². The molecule has 1 fully saturated rings. The van der Waals surface area contributed by atoms with E-state index >= 15 is 0 Å². The van der Waals surface area contributed by atoms with Gasteiger partial charge in [-0.05, 0) is 37.3 Å². The summed E-state index contributed by atoms with van der Waals surface area (Å²) < 4.78 is 27.8. The van der Waals surface area contributed by atoms with Gasteiger partial charge in [0.15, 0.2) is 0 Å². The molecule has 1 aliphatic carbocycles. The summed E-state index contributed by atoms with van der Waals surface area (Å²) in [5.41, 5.74) is 0.0753. The monoisotopic (exact) mass is 311 g/mol. The van der Waals surface area contributed by atoms with E-state index in [0.29, 0.717) is 18.9 Å². The number of sulfonamides is 1. The number of pyridine rings is 1. The fourth-order valence-corrected chi connectivity index (χ4v) is 4.17. The Balaban J connectivity index is 2.11. The minimum Gasteiger partial charge on any atom is -0.369 e. The summed E-state index contributed by atoms with van der Waals surface area (Å²) in [4.78, 5) is 4.34. The van der Waals surface area contributed by atoms with Gasteiger partial charge in [0.2, 0.25) is 10.0 Å². The molecule has 0 spiro atoms. The third kappa shape index (κ3) is 4.17. The average Bonchev–Trinajstić information content (AvgIpc) is 2.47. The molecule has 1 aromatic rings. The first-order valence-corrected chi connectivity index (χ1v) is 9.14. The first kappa shape index (κ1) is 16.2. The highest BCUT2D eigenvalue weighted by Crippen LogP contribution is 2.35. The number of rotatable bonds is 6. The van der Waals surface area contributed by atoms with Crippen LogP contribution in [0.2, 0.25) is 0 Å². The maximum absolute atomic E-state index is 12.5. The van der Waals surface area contributed by atoms with Gasteiger partial charge in [0.05, 0.1) is 0 Å². The van der Waals surface area contributed by atoms with Crippen LogP contribution in [0.25, 0.3) is 0 Å². The third-order valence-corrected chi connectivity index (χ3v) is 5.59. The van der Waals surface area contributed by atoms with Crippen LogP contribution in [0.4, 0.5) is 5.82 Å². The SMILES string of the molecule is CCNc1ncccc1S(=O)(=O)NCC1(C)CCCCC1. The van der Waals surface area contributed by atoms with Gasteiger partial charge in [-0.2, -0.15) is 0 Å². The third-order valence-electron chi connectivity index (χ3n) is 4.15. The lowest BCUT2D eigenvalue weighted by Crippen LogP contribution is -2.37. The lowest BCUT2D eigenvalue weighted by Gasteiger charge is -2.33. The van der Waals surface area contributed by atoms with E-state index in [4.69, 9.17) is 0 Å². The highest BCUT2D eigenvalue weighted by molar-refractivity contribution is 7.89. The summed E-state index contributed by atoms with van der Waals surface area (Å²) >= 11 is 0. The molecule has 0 radical (unpaired) electrons. The Morgan fingerprint density at radius 3 is 2.67 bits per heavy atom. The van der Waals surface area contributed by atoms with E-state index in [-0.39, 0.29) is 10.3 Å². The summed E-state index contributed by atoms with van der Waals surface area (Å²) in [6, 6.07) is 3.24. The Hall–Kier alpha value is -1.14. The van der Waals surface area contributed by atoms with Crippen molar-refractivity contribution in [3.63, 3.8) is 0 Å². The predicted octanol–water partition coefficient (Wildman–Crippen LogP) is 2.76. The first-order chi connectivity index (χ1) is 9.97. The van der Waals surface area contributed by atoms with E-state index in [1.165, 1.54) is 19.3 Å². The van der Waals surface area contributed by atoms with Crippen molar-refractivity contribution < 1.29 is 8.42 Å². The fraction of sp³-hybridized carbons (Fsp3) is 0.667. The van der Waals surface area contributed by atoms with Crippen molar-refractivity contribution in [2.75, 3.05) is 18.4 Å². The number of nitrogens with zero attached hydrogens (tertiary/aromatic N) is 1. The van der Waals surface area contributed by atoms with Crippen LogP contribution in [-0.4, -0.2) is 26.5 Å². The maximum atomic E-state index is 12.5. The molecule has 0 bridgehead atoms. The summed E-state index contributed by atoms with van der Waals surface area (Å²) in [6.45, 7) is 5.22. The Kier molecular flexibility index (Phi) is 5.22. The Labute approximate surface area is 127 Å². The maximum Gasteiger partial charge on any atom is 0.244 e. The lowest BCUT2D eigenvalue weighted by molar-refractivity contribution is 0.219. The smallest absolute Gasteiger partial charge is 0.244 e. The van der Waals surface area contributed by atoms with Crippen molar-refractivity contribution in [1.82, 2.24) is 9.71 Å². The van der Waals surface area contributed by atoms with Crippen molar-refractivity contribution in [2.24, 2.45) is 5.41 Å². The number of hydrogen-bond acceptors (Lipinski definition) is 4. The molecule has 5 nitrogen and oxygen atoms in total. The van der Waals surface area contributed by atoms with Crippen LogP contribution in [0, 0.1) is 5.41 Å². The molecule has 1 aliphatic rings. The number of anilines is 1. The molecule has 1 heterocycles. The molecule has 0 amide bonds. The molecule has 118 valence electrons. The van der Waals surface area contributed by atoms with Crippen LogP contribution in [0.1, 0.15) is 46.0 Å². The van der Waals surface area contributed by atoms with Crippen LogP contribution in [-0.2, 0) is 10.0 Å². The second-order valence-corrected chi connectivity index (χ2v) is 7.81. The molecule has 0 unspecified atom stereocenters. The zero-order chi connectivity index (χ0) is 15.3. The zero-order valence-corrected chi connectivity index (χ0v) is 13.7. The zero-order valence-electron chi connectivity index (χ0n) is 12.9. The van der Waals surface area contributed by atoms with E-state index in [1.54, 1.807) is 18.3 Å². The quantitative estimate of drug-likeness (QED) is 0.847. The highest BCUT2D eigenvalue weighted by Gasteiger charge is 2.29. The van der Waals surface area contributed by atoms with Crippen LogP contribution < -0.4 is 10.0 Å². The molecule has 1 aromatic heterocycles. The van der Waals surface area contributed by atoms with Gasteiger partial charge in [-0.25, -0.2) is 18.1 Å². The number of hydrogen-bond donors (Lipinski definition) is 2. The molecular weight excluding hydrogens is 286 g/mol. The fourth-order valence-electron chi connectivity index (χ4n) is 2.84. The molecule has 21 heavy (non-hydrogen) atoms. The molecule has 2 N–H and O–H groups in total. The highest BCUT2D eigenvalue weighted by atomic mass is 32.2. The summed E-state index contributed by atoms with van der Waals surface area (Å²) in [7, 11) is -3.53. The summed E-state index contributed by atoms with van der Waals surface area (Å²) in [5, 5.41) is 3.00. The molecule has 6 heteroatoms. The van der Waals surface area contributed by atoms with Gasteiger partial charge in [0.25, 0.3) is 0 Å². The van der Waals surface area contributed by atoms with Gasteiger partial charge in [0.1, 0.15) is 10.7 Å². The van der Waals surface area contributed by atoms with Crippen molar-refractivity contribution in [3.8, 4) is 0 Å². The van der Waals surface area contributed by atoms with E-state index in [0.717, 1.165) is 12.8 Å². The molecule has 0 aliphatic heterocycles. The van der Waals surface area contributed by atoms with Crippen molar-refractivity contribution in [1.29, 1.82) is 0 Å². The Bertz CT molecular complexity index is 566. The topological polar surface area (TPSA) is 71.1 Å². The van der Waals surface area contributed by atoms with Gasteiger partial charge in [0, 0.05) is 19.3 Å². The molecule has 0 saturated heterocycles. The average molecular weight is 311 g/mol. The number of nitrogens with one attached hydrogen (secondary N) is 2. The lowest BCUT2D eigenvalue weighted by atomic mass is 9.76. The second-order valence-electron chi connectivity index (χ2n) is 6.08. The minimum absolute atomic E-state index is 0.0753. The van der Waals surface area contributed by atoms with Crippen LogP contribution in [0.3, 0.4) is 0 Å². The Morgan fingerprint density at radius 1 is 1.29 bits per heavy atom. The normalized spacial score (nSPS) is 18.4. The van der Waals surface area contributed by atoms with Crippen LogP contribution in [0.5, 0.6) is 0 Å². The van der Waals surface area contributed by atoms with Gasteiger partial charge in [-0.1, -0.05) is 26.2 Å². The van der Waals surface area contributed by atoms with Gasteiger partial charge in [-0.3, -0.25) is 0 Å². The molecule has 0 atom stereocenters. The van der Waals surface area contributed by atoms with E-state index in [1.807, 2.05) is 6.92 Å². The first-order valence-electron chi connectivity index (χ1n) is 7.65. The summed E-state index contributed by atoms with van der Waals surface area (Å²) in [5.74, 6) is 0.418. The molecule has 1 saturated carbocycles. The second kappa shape index (κ2) is 6.75. The number of aromatic nitrogens is 1. The summed E-state index contributed by atoms with van der Waals surface area (Å²) in [6.07, 6.45) is 7.40. The van der Waals surface area contributed by atoms with Gasteiger partial charge < -0.3 is 5.32 Å². The van der Waals surface area contributed by atoms with E-state index in [9.17, 15) is 8.42 Å². The molecule has 2 rings (SSSR count). The van der Waals surface area contributed by atoms with Crippen LogP contribution in [0.15, 0.2) is 23.2 Å². The standard InChI is InChI=1S/C15H25N3O2S/c1-3-16-14-13(8-7-11-17-14)21(19,20)18-12-15(2)9-5-4-6-10-15/h7-8,11,18H,3-6,9-10,12H2,1-2H3,(H,16,17). The van der Waals surface area contributed by atoms with Gasteiger partial charge in [-0.15, -0.1) is 0 Å². The Morgan fingerprint density at radius 2 is 2.00 bits per heavy atom. The molecule has 0 aromatic carbocycles. The van der Waals surface area contributed by atoms with Crippen molar-refractivity contribution in [3.05, 3.63) is 18.3 Å². The molecular formula is C15H25N3O2S. The van der Waals surface area contributed by atoms with Crippen LogP contribution >= 0.6 is 0 Å². The van der Waals surface area contributed by atoms with E-state index in [2.05, 4.69) is 21.9 Å². The van der Waals surface area contributed by atoms with Gasteiger partial charge >= 0.3 is 0 Å². The predicted molar refractivity (Wildman–Crippen MR) is 84.8 cm³/mol. The minimum atomic E-state index is -3.53. The van der Waals surface area contributed by atoms with E-state index < -0.39 is 10.0 Å². The van der Waals surface area contributed by atoms with Crippen molar-refractivity contribution >= 4 is 15.8 Å².